The van der Waals surface area contributed by atoms with E-state index in [0.717, 1.165) is 33.9 Å². The van der Waals surface area contributed by atoms with Gasteiger partial charge in [-0.15, -0.1) is 5.75 Å². The number of rotatable bonds is 7. The summed E-state index contributed by atoms with van der Waals surface area (Å²) in [5.74, 6) is 1.05. The van der Waals surface area contributed by atoms with Crippen LogP contribution in [0.25, 0.3) is 5.32 Å². The van der Waals surface area contributed by atoms with E-state index in [1.54, 1.807) is 6.20 Å². The Morgan fingerprint density at radius 2 is 1.44 bits per heavy atom. The van der Waals surface area contributed by atoms with Crippen LogP contribution in [0, 0.1) is 13.8 Å². The summed E-state index contributed by atoms with van der Waals surface area (Å²) in [5, 5.41) is 15.6. The molecule has 36 heavy (non-hydrogen) atoms. The Morgan fingerprint density at radius 1 is 0.889 bits per heavy atom. The molecule has 0 N–H and O–H groups in total. The Balaban J connectivity index is 0.000000546. The van der Waals surface area contributed by atoms with E-state index in [9.17, 15) is 5.11 Å². The molecule has 2 aromatic carbocycles. The van der Waals surface area contributed by atoms with Crippen LogP contribution in [0.15, 0.2) is 77.6 Å². The first-order valence-electron chi connectivity index (χ1n) is 12.3. The molecule has 0 unspecified atom stereocenters. The van der Waals surface area contributed by atoms with Crippen molar-refractivity contribution in [2.24, 2.45) is 4.99 Å². The zero-order valence-electron chi connectivity index (χ0n) is 23.2. The van der Waals surface area contributed by atoms with Gasteiger partial charge in [0.15, 0.2) is 0 Å². The molecule has 0 saturated heterocycles. The molecule has 0 bridgehead atoms. The van der Waals surface area contributed by atoms with Crippen molar-refractivity contribution >= 4 is 11.4 Å². The van der Waals surface area contributed by atoms with Crippen molar-refractivity contribution < 1.29 is 24.6 Å². The summed E-state index contributed by atoms with van der Waals surface area (Å²) in [7, 11) is 0. The number of allylic oxidation sites excluding steroid dienone is 2. The van der Waals surface area contributed by atoms with Gasteiger partial charge in [-0.05, 0) is 55.9 Å². The molecule has 5 heteroatoms. The normalized spacial score (nSPS) is 11.6. The van der Waals surface area contributed by atoms with Gasteiger partial charge in [-0.25, -0.2) is 0 Å². The summed E-state index contributed by atoms with van der Waals surface area (Å²) in [6.45, 7) is 17.2. The standard InChI is InChI=1S/C23H30N3.C8H10O.Zn/c1-16(2)21-11-9-12-22(17(3)4)23(21)26-19(6)14-18(5)25-15-20-10-7-8-13-24-20;1-6-4-3-5-7(2)8(6)9;/h7-14,16-17H,15H2,1-6H3;3-5,9H,1-2H3;/q-1;;+2/p-1/b18-14-,26-19?;;. The smallest absolute Gasteiger partial charge is 0.872 e. The van der Waals surface area contributed by atoms with Crippen LogP contribution in [0.2, 0.25) is 0 Å². The minimum Gasteiger partial charge on any atom is -0.872 e. The number of hydrogen-bond donors (Lipinski definition) is 0. The molecule has 0 radical (unpaired) electrons. The monoisotopic (exact) mass is 533 g/mol. The first-order chi connectivity index (χ1) is 16.6. The molecule has 0 aliphatic heterocycles. The number of pyridine rings is 1. The third kappa shape index (κ3) is 9.70. The van der Waals surface area contributed by atoms with Crippen LogP contribution in [0.1, 0.15) is 81.3 Å². The van der Waals surface area contributed by atoms with Crippen molar-refractivity contribution in [2.75, 3.05) is 0 Å². The van der Waals surface area contributed by atoms with E-state index in [1.807, 2.05) is 70.2 Å². The van der Waals surface area contributed by atoms with E-state index in [4.69, 9.17) is 4.99 Å². The Kier molecular flexibility index (Phi) is 13.3. The number of benzene rings is 2. The van der Waals surface area contributed by atoms with Crippen molar-refractivity contribution in [3.63, 3.8) is 0 Å². The summed E-state index contributed by atoms with van der Waals surface area (Å²) < 4.78 is 0. The van der Waals surface area contributed by atoms with Gasteiger partial charge in [-0.2, -0.15) is 5.70 Å². The average Bonchev–Trinajstić information content (AvgIpc) is 2.82. The van der Waals surface area contributed by atoms with Gasteiger partial charge in [0.2, 0.25) is 0 Å². The molecule has 0 amide bonds. The Morgan fingerprint density at radius 3 is 1.92 bits per heavy atom. The van der Waals surface area contributed by atoms with Gasteiger partial charge in [-0.3, -0.25) is 9.98 Å². The molecule has 186 valence electrons. The SMILES string of the molecule is CC(/C=C(/C)[N-]Cc1ccccn1)=Nc1c(C(C)C)cccc1C(C)C.Cc1cccc(C)c1[O-].[Zn+2]. The van der Waals surface area contributed by atoms with Crippen molar-refractivity contribution in [3.8, 4) is 5.75 Å². The molecule has 0 spiro atoms. The number of aryl methyl sites for hydroxylation is 2. The maximum Gasteiger partial charge on any atom is 2.00 e. The first-order valence-corrected chi connectivity index (χ1v) is 12.3. The molecule has 0 atom stereocenters. The van der Waals surface area contributed by atoms with E-state index >= 15 is 0 Å². The molecule has 3 rings (SSSR count). The molecule has 0 aliphatic carbocycles. The van der Waals surface area contributed by atoms with Crippen LogP contribution in [-0.4, -0.2) is 10.7 Å². The molecular formula is C31H39N3OZn. The van der Waals surface area contributed by atoms with Crippen molar-refractivity contribution in [2.45, 2.75) is 73.8 Å². The van der Waals surface area contributed by atoms with Crippen LogP contribution >= 0.6 is 0 Å². The average molecular weight is 535 g/mol. The van der Waals surface area contributed by atoms with Gasteiger partial charge in [0.05, 0.1) is 5.69 Å². The van der Waals surface area contributed by atoms with Gasteiger partial charge in [-0.1, -0.05) is 101 Å². The van der Waals surface area contributed by atoms with Gasteiger partial charge in [0.25, 0.3) is 0 Å². The molecule has 0 fully saturated rings. The second-order valence-corrected chi connectivity index (χ2v) is 9.49. The number of hydrogen-bond acceptors (Lipinski definition) is 3. The summed E-state index contributed by atoms with van der Waals surface area (Å²) in [5.41, 5.74) is 8.28. The predicted octanol–water partition coefficient (Wildman–Crippen LogP) is 8.27. The summed E-state index contributed by atoms with van der Waals surface area (Å²) in [6, 6.07) is 18.0. The van der Waals surface area contributed by atoms with Crippen molar-refractivity contribution in [1.29, 1.82) is 0 Å². The Hall–Kier alpha value is -2.78. The number of nitrogens with zero attached hydrogens (tertiary/aromatic N) is 3. The van der Waals surface area contributed by atoms with E-state index < -0.39 is 0 Å². The quantitative estimate of drug-likeness (QED) is 0.226. The topological polar surface area (TPSA) is 62.4 Å². The fraction of sp³-hybridized carbons (Fsp3) is 0.355. The van der Waals surface area contributed by atoms with Gasteiger partial charge in [0.1, 0.15) is 0 Å². The van der Waals surface area contributed by atoms with Crippen LogP contribution < -0.4 is 5.11 Å². The fourth-order valence-electron chi connectivity index (χ4n) is 3.69. The van der Waals surface area contributed by atoms with Gasteiger partial charge >= 0.3 is 19.5 Å². The number of aromatic nitrogens is 1. The molecule has 1 aromatic heterocycles. The van der Waals surface area contributed by atoms with E-state index in [-0.39, 0.29) is 25.2 Å². The minimum atomic E-state index is 0. The second-order valence-electron chi connectivity index (χ2n) is 9.49. The van der Waals surface area contributed by atoms with Crippen molar-refractivity contribution in [1.82, 2.24) is 4.98 Å². The molecular weight excluding hydrogens is 496 g/mol. The van der Waals surface area contributed by atoms with Gasteiger partial charge < -0.3 is 10.4 Å². The molecule has 3 aromatic rings. The van der Waals surface area contributed by atoms with Crippen LogP contribution in [0.4, 0.5) is 5.69 Å². The zero-order valence-corrected chi connectivity index (χ0v) is 26.1. The number of aliphatic imine (C=N–C) groups is 1. The molecule has 0 saturated carbocycles. The van der Waals surface area contributed by atoms with Crippen molar-refractivity contribution in [3.05, 3.63) is 106 Å². The van der Waals surface area contributed by atoms with Gasteiger partial charge in [0, 0.05) is 17.6 Å². The fourth-order valence-corrected chi connectivity index (χ4v) is 3.69. The third-order valence-corrected chi connectivity index (χ3v) is 5.67. The minimum absolute atomic E-state index is 0. The van der Waals surface area contributed by atoms with E-state index in [1.165, 1.54) is 11.1 Å². The van der Waals surface area contributed by atoms with E-state index in [0.29, 0.717) is 18.4 Å². The van der Waals surface area contributed by atoms with Crippen LogP contribution in [0.5, 0.6) is 5.75 Å². The predicted molar refractivity (Wildman–Crippen MR) is 148 cm³/mol. The zero-order chi connectivity index (χ0) is 26.0. The first kappa shape index (κ1) is 31.3. The second kappa shape index (κ2) is 15.4. The number of para-hydroxylation sites is 2. The largest absolute Gasteiger partial charge is 2.00 e. The Labute approximate surface area is 230 Å². The molecule has 4 nitrogen and oxygen atoms in total. The van der Waals surface area contributed by atoms with E-state index in [2.05, 4.69) is 56.2 Å². The Bertz CT molecular complexity index is 1110. The molecule has 1 heterocycles. The summed E-state index contributed by atoms with van der Waals surface area (Å²) in [6.07, 6.45) is 3.84. The third-order valence-electron chi connectivity index (χ3n) is 5.67. The maximum absolute atomic E-state index is 11.0. The summed E-state index contributed by atoms with van der Waals surface area (Å²) >= 11 is 0. The molecule has 0 aliphatic rings. The van der Waals surface area contributed by atoms with Crippen LogP contribution in [0.3, 0.4) is 0 Å². The van der Waals surface area contributed by atoms with Crippen LogP contribution in [-0.2, 0) is 26.0 Å². The maximum atomic E-state index is 11.0. The summed E-state index contributed by atoms with van der Waals surface area (Å²) in [4.78, 5) is 9.27.